The average Bonchev–Trinajstić information content (AvgIpc) is 3.40. The highest BCUT2D eigenvalue weighted by Gasteiger charge is 2.25. The van der Waals surface area contributed by atoms with Crippen LogP contribution in [0.1, 0.15) is 40.3 Å². The molecule has 0 spiro atoms. The molecule has 4 aromatic rings. The number of rotatable bonds is 6. The van der Waals surface area contributed by atoms with Crippen molar-refractivity contribution >= 4 is 44.3 Å². The standard InChI is InChI=1S/C22H22BrN7O3/c1-11(2)26-22(32)17-18-13(10-25-28-18)8-14(23)19(17)27-21(31)15-9-16(33-4)29-30(15)20-12(3)6-5-7-24-20/h5-11H,1-4H3,(H,25,28)(H,26,32)(H,27,31). The molecule has 0 radical (unpaired) electrons. The second kappa shape index (κ2) is 9.02. The van der Waals surface area contributed by atoms with Crippen LogP contribution in [0.15, 0.2) is 41.1 Å². The van der Waals surface area contributed by atoms with Gasteiger partial charge in [0.05, 0.1) is 30.1 Å². The molecule has 0 saturated heterocycles. The molecule has 0 aliphatic rings. The van der Waals surface area contributed by atoms with Gasteiger partial charge in [-0.1, -0.05) is 6.07 Å². The summed E-state index contributed by atoms with van der Waals surface area (Å²) in [5, 5.41) is 17.7. The van der Waals surface area contributed by atoms with E-state index in [2.05, 4.69) is 46.8 Å². The lowest BCUT2D eigenvalue weighted by molar-refractivity contribution is 0.0945. The third-order valence-electron chi connectivity index (χ3n) is 4.89. The summed E-state index contributed by atoms with van der Waals surface area (Å²) >= 11 is 3.49. The Labute approximate surface area is 197 Å². The molecule has 1 aromatic carbocycles. The van der Waals surface area contributed by atoms with E-state index in [0.29, 0.717) is 21.5 Å². The molecule has 0 aliphatic carbocycles. The van der Waals surface area contributed by atoms with Crippen molar-refractivity contribution in [1.29, 1.82) is 0 Å². The van der Waals surface area contributed by atoms with Crippen LogP contribution in [-0.4, -0.2) is 49.9 Å². The smallest absolute Gasteiger partial charge is 0.274 e. The van der Waals surface area contributed by atoms with Gasteiger partial charge in [-0.3, -0.25) is 14.7 Å². The van der Waals surface area contributed by atoms with Gasteiger partial charge in [-0.2, -0.15) is 5.10 Å². The number of nitrogens with zero attached hydrogens (tertiary/aromatic N) is 4. The number of halogens is 1. The molecule has 0 saturated carbocycles. The summed E-state index contributed by atoms with van der Waals surface area (Å²) in [4.78, 5) is 30.9. The van der Waals surface area contributed by atoms with Crippen LogP contribution in [0.25, 0.3) is 16.7 Å². The number of pyridine rings is 1. The molecule has 0 unspecified atom stereocenters. The van der Waals surface area contributed by atoms with Crippen LogP contribution >= 0.6 is 15.9 Å². The maximum atomic E-state index is 13.4. The Bertz CT molecular complexity index is 1360. The summed E-state index contributed by atoms with van der Waals surface area (Å²) in [6.07, 6.45) is 3.23. The van der Waals surface area contributed by atoms with Crippen molar-refractivity contribution in [3.63, 3.8) is 0 Å². The highest BCUT2D eigenvalue weighted by Crippen LogP contribution is 2.34. The second-order valence-corrected chi connectivity index (χ2v) is 8.51. The minimum Gasteiger partial charge on any atom is -0.480 e. The molecular formula is C22H22BrN7O3. The van der Waals surface area contributed by atoms with Crippen molar-refractivity contribution in [2.75, 3.05) is 12.4 Å². The van der Waals surface area contributed by atoms with Crippen LogP contribution in [0.3, 0.4) is 0 Å². The predicted molar refractivity (Wildman–Crippen MR) is 127 cm³/mol. The fourth-order valence-corrected chi connectivity index (χ4v) is 3.94. The van der Waals surface area contributed by atoms with Gasteiger partial charge in [-0.15, -0.1) is 5.10 Å². The van der Waals surface area contributed by atoms with Crippen molar-refractivity contribution in [2.45, 2.75) is 26.8 Å². The van der Waals surface area contributed by atoms with Crippen molar-refractivity contribution in [3.8, 4) is 11.7 Å². The number of hydrogen-bond acceptors (Lipinski definition) is 6. The van der Waals surface area contributed by atoms with Crippen LogP contribution in [-0.2, 0) is 0 Å². The molecule has 0 aliphatic heterocycles. The average molecular weight is 512 g/mol. The van der Waals surface area contributed by atoms with E-state index in [1.54, 1.807) is 24.5 Å². The van der Waals surface area contributed by atoms with Gasteiger partial charge < -0.3 is 15.4 Å². The Kier molecular flexibility index (Phi) is 6.14. The zero-order valence-corrected chi connectivity index (χ0v) is 20.0. The van der Waals surface area contributed by atoms with Crippen LogP contribution in [0, 0.1) is 6.92 Å². The van der Waals surface area contributed by atoms with E-state index in [0.717, 1.165) is 10.9 Å². The first kappa shape index (κ1) is 22.5. The third kappa shape index (κ3) is 4.31. The maximum absolute atomic E-state index is 13.4. The van der Waals surface area contributed by atoms with E-state index in [4.69, 9.17) is 4.74 Å². The molecule has 11 heteroatoms. The van der Waals surface area contributed by atoms with Crippen LogP contribution in [0.5, 0.6) is 5.88 Å². The highest BCUT2D eigenvalue weighted by atomic mass is 79.9. The molecule has 10 nitrogen and oxygen atoms in total. The molecular weight excluding hydrogens is 490 g/mol. The largest absolute Gasteiger partial charge is 0.480 e. The topological polar surface area (TPSA) is 127 Å². The highest BCUT2D eigenvalue weighted by molar-refractivity contribution is 9.10. The van der Waals surface area contributed by atoms with Crippen molar-refractivity contribution < 1.29 is 14.3 Å². The molecule has 3 N–H and O–H groups in total. The molecule has 2 amide bonds. The molecule has 0 fully saturated rings. The van der Waals surface area contributed by atoms with Gasteiger partial charge in [-0.25, -0.2) is 9.67 Å². The summed E-state index contributed by atoms with van der Waals surface area (Å²) in [7, 11) is 1.47. The number of methoxy groups -OCH3 is 1. The number of benzene rings is 1. The van der Waals surface area contributed by atoms with E-state index in [1.165, 1.54) is 17.9 Å². The molecule has 33 heavy (non-hydrogen) atoms. The SMILES string of the molecule is COc1cc(C(=O)Nc2c(Br)cc3cn[nH]c3c2C(=O)NC(C)C)n(-c2ncccc2C)n1. The number of anilines is 1. The summed E-state index contributed by atoms with van der Waals surface area (Å²) in [6.45, 7) is 5.59. The molecule has 0 atom stereocenters. The summed E-state index contributed by atoms with van der Waals surface area (Å²) in [5.74, 6) is -0.0885. The van der Waals surface area contributed by atoms with Gasteiger partial charge in [0.15, 0.2) is 5.82 Å². The quantitative estimate of drug-likeness (QED) is 0.362. The molecule has 3 heterocycles. The van der Waals surface area contributed by atoms with Crippen LogP contribution < -0.4 is 15.4 Å². The number of carbonyl (C=O) groups excluding carboxylic acids is 2. The van der Waals surface area contributed by atoms with Gasteiger partial charge in [-0.05, 0) is 54.4 Å². The lowest BCUT2D eigenvalue weighted by Crippen LogP contribution is -2.31. The zero-order valence-electron chi connectivity index (χ0n) is 18.4. The van der Waals surface area contributed by atoms with Crippen LogP contribution in [0.2, 0.25) is 0 Å². The maximum Gasteiger partial charge on any atom is 0.274 e. The Morgan fingerprint density at radius 2 is 2.03 bits per heavy atom. The molecule has 3 aromatic heterocycles. The Hall–Kier alpha value is -3.73. The number of hydrogen-bond donors (Lipinski definition) is 3. The van der Waals surface area contributed by atoms with E-state index in [-0.39, 0.29) is 29.1 Å². The second-order valence-electron chi connectivity index (χ2n) is 7.65. The van der Waals surface area contributed by atoms with E-state index >= 15 is 0 Å². The number of H-pyrrole nitrogens is 1. The van der Waals surface area contributed by atoms with Gasteiger partial charge in [0, 0.05) is 28.2 Å². The number of nitrogens with one attached hydrogen (secondary N) is 3. The molecule has 170 valence electrons. The van der Waals surface area contributed by atoms with E-state index in [1.807, 2.05) is 26.8 Å². The Morgan fingerprint density at radius 3 is 2.73 bits per heavy atom. The summed E-state index contributed by atoms with van der Waals surface area (Å²) in [5.41, 5.74) is 2.11. The number of amides is 2. The molecule has 4 rings (SSSR count). The van der Waals surface area contributed by atoms with Crippen LogP contribution in [0.4, 0.5) is 5.69 Å². The lowest BCUT2D eigenvalue weighted by Gasteiger charge is -2.16. The minimum absolute atomic E-state index is 0.101. The van der Waals surface area contributed by atoms with Gasteiger partial charge in [0.25, 0.3) is 11.8 Å². The summed E-state index contributed by atoms with van der Waals surface area (Å²) < 4.78 is 7.20. The zero-order chi connectivity index (χ0) is 23.7. The Balaban J connectivity index is 1.81. The summed E-state index contributed by atoms with van der Waals surface area (Å²) in [6, 6.07) is 6.86. The number of aromatic amines is 1. The lowest BCUT2D eigenvalue weighted by atomic mass is 10.1. The Morgan fingerprint density at radius 1 is 1.24 bits per heavy atom. The fraction of sp³-hybridized carbons (Fsp3) is 0.227. The number of fused-ring (bicyclic) bond motifs is 1. The number of carbonyl (C=O) groups is 2. The molecule has 0 bridgehead atoms. The third-order valence-corrected chi connectivity index (χ3v) is 5.51. The van der Waals surface area contributed by atoms with Crippen molar-refractivity contribution in [3.05, 3.63) is 58.0 Å². The number of aromatic nitrogens is 5. The number of aryl methyl sites for hydroxylation is 1. The monoisotopic (exact) mass is 511 g/mol. The van der Waals surface area contributed by atoms with Crippen molar-refractivity contribution in [2.24, 2.45) is 0 Å². The first-order valence-corrected chi connectivity index (χ1v) is 10.9. The first-order chi connectivity index (χ1) is 15.8. The minimum atomic E-state index is -0.492. The normalized spacial score (nSPS) is 11.1. The fourth-order valence-electron chi connectivity index (χ4n) is 3.40. The van der Waals surface area contributed by atoms with Crippen molar-refractivity contribution in [1.82, 2.24) is 30.3 Å². The van der Waals surface area contributed by atoms with E-state index in [9.17, 15) is 9.59 Å². The number of ether oxygens (including phenoxy) is 1. The van der Waals surface area contributed by atoms with Gasteiger partial charge in [0.1, 0.15) is 5.69 Å². The van der Waals surface area contributed by atoms with Gasteiger partial charge >= 0.3 is 0 Å². The van der Waals surface area contributed by atoms with Gasteiger partial charge in [0.2, 0.25) is 5.88 Å². The van der Waals surface area contributed by atoms with E-state index < -0.39 is 5.91 Å². The predicted octanol–water partition coefficient (Wildman–Crippen LogP) is 3.61. The first-order valence-electron chi connectivity index (χ1n) is 10.1.